The summed E-state index contributed by atoms with van der Waals surface area (Å²) in [5.74, 6) is -2.41. The normalized spacial score (nSPS) is 16.2. The number of benzene rings is 1. The molecule has 2 N–H and O–H groups in total. The van der Waals surface area contributed by atoms with E-state index in [2.05, 4.69) is 19.9 Å². The van der Waals surface area contributed by atoms with E-state index in [1.54, 1.807) is 11.6 Å². The first kappa shape index (κ1) is 22.3. The summed E-state index contributed by atoms with van der Waals surface area (Å²) in [5, 5.41) is 14.9. The molecule has 0 spiro atoms. The average molecular weight is 453 g/mol. The van der Waals surface area contributed by atoms with Gasteiger partial charge in [0.1, 0.15) is 11.5 Å². The van der Waals surface area contributed by atoms with Crippen LogP contribution in [-0.2, 0) is 12.7 Å². The summed E-state index contributed by atoms with van der Waals surface area (Å²) < 4.78 is 55.7. The number of hydrogen-bond donors (Lipinski definition) is 2. The average Bonchev–Trinajstić information content (AvgIpc) is 3.05. The van der Waals surface area contributed by atoms with Crippen LogP contribution in [0.3, 0.4) is 0 Å². The summed E-state index contributed by atoms with van der Waals surface area (Å²) in [7, 11) is 2.05. The molecule has 1 aliphatic rings. The molecule has 0 bridgehead atoms. The van der Waals surface area contributed by atoms with E-state index >= 15 is 0 Å². The first-order valence-corrected chi connectivity index (χ1v) is 10.2. The number of H-pyrrole nitrogens is 1. The highest BCUT2D eigenvalue weighted by atomic mass is 19.4. The molecular weight excluding hydrogens is 430 g/mol. The van der Waals surface area contributed by atoms with Crippen LogP contribution in [0.25, 0.3) is 22.3 Å². The summed E-state index contributed by atoms with van der Waals surface area (Å²) in [4.78, 5) is 20.0. The summed E-state index contributed by atoms with van der Waals surface area (Å²) in [5.41, 5.74) is -2.64. The second-order valence-electron chi connectivity index (χ2n) is 8.02. The third kappa shape index (κ3) is 3.97. The number of halogens is 4. The molecule has 0 saturated carbocycles. The molecule has 3 aromatic rings. The van der Waals surface area contributed by atoms with Gasteiger partial charge in [0.25, 0.3) is 0 Å². The fourth-order valence-corrected chi connectivity index (χ4v) is 4.00. The minimum absolute atomic E-state index is 0.122. The smallest absolute Gasteiger partial charge is 0.419 e. The van der Waals surface area contributed by atoms with Crippen molar-refractivity contribution in [2.24, 2.45) is 0 Å². The second-order valence-corrected chi connectivity index (χ2v) is 8.02. The molecule has 0 amide bonds. The first-order chi connectivity index (χ1) is 15.1. The van der Waals surface area contributed by atoms with Crippen LogP contribution >= 0.6 is 0 Å². The monoisotopic (exact) mass is 453 g/mol. The van der Waals surface area contributed by atoms with E-state index in [1.165, 1.54) is 0 Å². The first-order valence-electron chi connectivity index (χ1n) is 10.2. The SMILES string of the molecule is Cc1nn(CCN2CCN(C)CC2)c2[nH]c(-c3cccc(C(F)(F)F)c3F)c(O)c(=O)c12. The lowest BCUT2D eigenvalue weighted by molar-refractivity contribution is -0.139. The Morgan fingerprint density at radius 3 is 2.50 bits per heavy atom. The molecule has 172 valence electrons. The molecule has 0 atom stereocenters. The van der Waals surface area contributed by atoms with Gasteiger partial charge in [-0.05, 0) is 26.1 Å². The minimum atomic E-state index is -4.92. The number of aryl methyl sites for hydroxylation is 1. The van der Waals surface area contributed by atoms with Gasteiger partial charge >= 0.3 is 6.18 Å². The van der Waals surface area contributed by atoms with E-state index in [0.29, 0.717) is 24.8 Å². The maximum Gasteiger partial charge on any atom is 0.419 e. The molecular formula is C21H23F4N5O2. The molecule has 1 aromatic carbocycles. The molecule has 2 aromatic heterocycles. The Morgan fingerprint density at radius 2 is 1.84 bits per heavy atom. The van der Waals surface area contributed by atoms with Crippen LogP contribution < -0.4 is 5.43 Å². The van der Waals surface area contributed by atoms with Gasteiger partial charge in [0.2, 0.25) is 5.43 Å². The quantitative estimate of drug-likeness (QED) is 0.595. The van der Waals surface area contributed by atoms with E-state index in [1.807, 2.05) is 7.05 Å². The number of piperazine rings is 1. The highest BCUT2D eigenvalue weighted by molar-refractivity contribution is 5.84. The van der Waals surface area contributed by atoms with Gasteiger partial charge < -0.3 is 15.0 Å². The van der Waals surface area contributed by atoms with Gasteiger partial charge in [0.05, 0.1) is 28.9 Å². The molecule has 7 nitrogen and oxygen atoms in total. The molecule has 11 heteroatoms. The van der Waals surface area contributed by atoms with Gasteiger partial charge in [0.15, 0.2) is 5.75 Å². The fourth-order valence-electron chi connectivity index (χ4n) is 4.00. The molecule has 0 unspecified atom stereocenters. The number of aromatic amines is 1. The third-order valence-electron chi connectivity index (χ3n) is 5.85. The van der Waals surface area contributed by atoms with Crippen LogP contribution in [0, 0.1) is 12.7 Å². The molecule has 0 radical (unpaired) electrons. The number of alkyl halides is 3. The zero-order valence-electron chi connectivity index (χ0n) is 17.6. The van der Waals surface area contributed by atoms with Gasteiger partial charge in [-0.15, -0.1) is 0 Å². The lowest BCUT2D eigenvalue weighted by atomic mass is 10.0. The maximum absolute atomic E-state index is 14.7. The Balaban J connectivity index is 1.77. The van der Waals surface area contributed by atoms with E-state index in [4.69, 9.17) is 0 Å². The van der Waals surface area contributed by atoms with Crippen molar-refractivity contribution in [1.29, 1.82) is 0 Å². The van der Waals surface area contributed by atoms with Gasteiger partial charge in [0, 0.05) is 38.3 Å². The Morgan fingerprint density at radius 1 is 1.16 bits per heavy atom. The van der Waals surface area contributed by atoms with Crippen molar-refractivity contribution in [1.82, 2.24) is 24.6 Å². The number of hydrogen-bond acceptors (Lipinski definition) is 5. The van der Waals surface area contributed by atoms with Crippen molar-refractivity contribution in [2.45, 2.75) is 19.6 Å². The Bertz CT molecular complexity index is 1210. The number of nitrogens with one attached hydrogen (secondary N) is 1. The predicted octanol–water partition coefficient (Wildman–Crippen LogP) is 2.81. The second kappa shape index (κ2) is 8.21. The minimum Gasteiger partial charge on any atom is -0.503 e. The van der Waals surface area contributed by atoms with E-state index in [0.717, 1.165) is 38.3 Å². The molecule has 3 heterocycles. The summed E-state index contributed by atoms with van der Waals surface area (Å²) in [6.07, 6.45) is -4.92. The van der Waals surface area contributed by atoms with Crippen molar-refractivity contribution in [3.63, 3.8) is 0 Å². The number of rotatable bonds is 4. The van der Waals surface area contributed by atoms with Crippen LogP contribution in [0.1, 0.15) is 11.3 Å². The Kier molecular flexibility index (Phi) is 5.72. The number of aromatic nitrogens is 3. The predicted molar refractivity (Wildman–Crippen MR) is 111 cm³/mol. The molecule has 4 rings (SSSR count). The van der Waals surface area contributed by atoms with Crippen molar-refractivity contribution in [3.8, 4) is 17.0 Å². The fraction of sp³-hybridized carbons (Fsp3) is 0.429. The topological polar surface area (TPSA) is 77.4 Å². The number of likely N-dealkylation sites (N-methyl/N-ethyl adjacent to an activating group) is 1. The van der Waals surface area contributed by atoms with Crippen LogP contribution in [0.5, 0.6) is 5.75 Å². The van der Waals surface area contributed by atoms with Gasteiger partial charge in [-0.1, -0.05) is 6.07 Å². The van der Waals surface area contributed by atoms with Crippen LogP contribution in [-0.4, -0.2) is 69.4 Å². The molecule has 0 aliphatic carbocycles. The largest absolute Gasteiger partial charge is 0.503 e. The van der Waals surface area contributed by atoms with Crippen molar-refractivity contribution in [3.05, 3.63) is 45.5 Å². The standard InChI is InChI=1S/C21H23F4N5O2/c1-12-15-18(31)19(32)17(13-4-3-5-14(16(13)22)21(23,24)25)26-20(15)30(27-12)11-10-29-8-6-28(2)7-9-29/h3-5,32H,6-11H2,1-2H3,(H,26,31). The molecule has 32 heavy (non-hydrogen) atoms. The van der Waals surface area contributed by atoms with Crippen molar-refractivity contribution < 1.29 is 22.7 Å². The van der Waals surface area contributed by atoms with E-state index in [-0.39, 0.29) is 11.0 Å². The van der Waals surface area contributed by atoms with Crippen LogP contribution in [0.4, 0.5) is 17.6 Å². The number of nitrogens with zero attached hydrogens (tertiary/aromatic N) is 4. The molecule has 1 aliphatic heterocycles. The lowest BCUT2D eigenvalue weighted by Gasteiger charge is -2.32. The maximum atomic E-state index is 14.7. The number of pyridine rings is 1. The molecule has 1 saturated heterocycles. The van der Waals surface area contributed by atoms with Crippen LogP contribution in [0.2, 0.25) is 0 Å². The van der Waals surface area contributed by atoms with Gasteiger partial charge in [-0.25, -0.2) is 9.07 Å². The Hall–Kier alpha value is -2.92. The van der Waals surface area contributed by atoms with Crippen molar-refractivity contribution >= 4 is 11.0 Å². The summed E-state index contributed by atoms with van der Waals surface area (Å²) in [6, 6.07) is 2.72. The zero-order chi connectivity index (χ0) is 23.2. The number of aromatic hydroxyl groups is 1. The highest BCUT2D eigenvalue weighted by Crippen LogP contribution is 2.37. The lowest BCUT2D eigenvalue weighted by Crippen LogP contribution is -2.45. The van der Waals surface area contributed by atoms with E-state index in [9.17, 15) is 27.5 Å². The Labute approximate surface area is 180 Å². The van der Waals surface area contributed by atoms with E-state index < -0.39 is 40.0 Å². The third-order valence-corrected chi connectivity index (χ3v) is 5.85. The van der Waals surface area contributed by atoms with Gasteiger partial charge in [-0.2, -0.15) is 18.3 Å². The number of fused-ring (bicyclic) bond motifs is 1. The zero-order valence-corrected chi connectivity index (χ0v) is 17.6. The van der Waals surface area contributed by atoms with Gasteiger partial charge in [-0.3, -0.25) is 9.69 Å². The van der Waals surface area contributed by atoms with Crippen LogP contribution in [0.15, 0.2) is 23.0 Å². The molecule has 1 fully saturated rings. The highest BCUT2D eigenvalue weighted by Gasteiger charge is 2.35. The summed E-state index contributed by atoms with van der Waals surface area (Å²) >= 11 is 0. The van der Waals surface area contributed by atoms with Crippen molar-refractivity contribution in [2.75, 3.05) is 39.8 Å². The summed E-state index contributed by atoms with van der Waals surface area (Å²) in [6.45, 7) is 6.30.